The fourth-order valence-corrected chi connectivity index (χ4v) is 2.98. The van der Waals surface area contributed by atoms with Crippen LogP contribution in [0, 0.1) is 6.92 Å². The minimum absolute atomic E-state index is 0.00723. The van der Waals surface area contributed by atoms with Gasteiger partial charge in [0.1, 0.15) is 6.54 Å². The van der Waals surface area contributed by atoms with Crippen molar-refractivity contribution in [2.75, 3.05) is 16.8 Å². The standard InChI is InChI=1S/C21H26N2O2/c1-5-17-10-8-11-18(6-2)21(17)23(16(4)24)14-20(25)22-19-12-7-9-15(3)13-19/h7-13H,5-6,14H2,1-4H3,(H,22,25). The van der Waals surface area contributed by atoms with Crippen molar-refractivity contribution in [3.05, 3.63) is 59.2 Å². The van der Waals surface area contributed by atoms with Crippen LogP contribution < -0.4 is 10.2 Å². The summed E-state index contributed by atoms with van der Waals surface area (Å²) in [6.45, 7) is 7.61. The summed E-state index contributed by atoms with van der Waals surface area (Å²) in [7, 11) is 0. The number of nitrogens with one attached hydrogen (secondary N) is 1. The lowest BCUT2D eigenvalue weighted by atomic mass is 10.0. The molecule has 2 aromatic rings. The highest BCUT2D eigenvalue weighted by Crippen LogP contribution is 2.27. The molecular weight excluding hydrogens is 312 g/mol. The van der Waals surface area contributed by atoms with Gasteiger partial charge in [0.05, 0.1) is 5.69 Å². The molecule has 0 saturated carbocycles. The van der Waals surface area contributed by atoms with Crippen molar-refractivity contribution < 1.29 is 9.59 Å². The third kappa shape index (κ3) is 4.69. The molecule has 132 valence electrons. The lowest BCUT2D eigenvalue weighted by Crippen LogP contribution is -2.38. The molecule has 1 N–H and O–H groups in total. The summed E-state index contributed by atoms with van der Waals surface area (Å²) in [5, 5.41) is 2.88. The maximum atomic E-state index is 12.5. The first-order valence-electron chi connectivity index (χ1n) is 8.71. The number of amides is 2. The fourth-order valence-electron chi connectivity index (χ4n) is 2.98. The summed E-state index contributed by atoms with van der Waals surface area (Å²) >= 11 is 0. The molecule has 0 heterocycles. The smallest absolute Gasteiger partial charge is 0.244 e. The molecule has 2 aromatic carbocycles. The number of carbonyl (C=O) groups is 2. The Balaban J connectivity index is 2.27. The third-order valence-corrected chi connectivity index (χ3v) is 4.22. The van der Waals surface area contributed by atoms with E-state index >= 15 is 0 Å². The average molecular weight is 338 g/mol. The van der Waals surface area contributed by atoms with Crippen LogP contribution in [-0.4, -0.2) is 18.4 Å². The Labute approximate surface area is 149 Å². The van der Waals surface area contributed by atoms with Gasteiger partial charge < -0.3 is 10.2 Å². The van der Waals surface area contributed by atoms with E-state index in [0.717, 1.165) is 40.9 Å². The van der Waals surface area contributed by atoms with Gasteiger partial charge in [0.15, 0.2) is 0 Å². The number of para-hydroxylation sites is 1. The van der Waals surface area contributed by atoms with Gasteiger partial charge in [0.25, 0.3) is 0 Å². The first-order chi connectivity index (χ1) is 12.0. The summed E-state index contributed by atoms with van der Waals surface area (Å²) in [6.07, 6.45) is 1.62. The molecule has 0 bridgehead atoms. The van der Waals surface area contributed by atoms with Crippen LogP contribution in [0.2, 0.25) is 0 Å². The van der Waals surface area contributed by atoms with Crippen LogP contribution in [0.1, 0.15) is 37.5 Å². The van der Waals surface area contributed by atoms with Crippen LogP contribution in [0.3, 0.4) is 0 Å². The van der Waals surface area contributed by atoms with Crippen LogP contribution in [0.5, 0.6) is 0 Å². The van der Waals surface area contributed by atoms with E-state index in [2.05, 4.69) is 19.2 Å². The van der Waals surface area contributed by atoms with Crippen LogP contribution in [0.4, 0.5) is 11.4 Å². The lowest BCUT2D eigenvalue weighted by Gasteiger charge is -2.26. The van der Waals surface area contributed by atoms with Gasteiger partial charge in [0.2, 0.25) is 11.8 Å². The zero-order chi connectivity index (χ0) is 18.4. The molecule has 0 aliphatic rings. The van der Waals surface area contributed by atoms with E-state index in [1.807, 2.05) is 49.4 Å². The second kappa shape index (κ2) is 8.47. The molecule has 0 aliphatic heterocycles. The van der Waals surface area contributed by atoms with Gasteiger partial charge in [-0.3, -0.25) is 9.59 Å². The first kappa shape index (κ1) is 18.7. The van der Waals surface area contributed by atoms with Gasteiger partial charge in [-0.1, -0.05) is 44.2 Å². The SMILES string of the molecule is CCc1cccc(CC)c1N(CC(=O)Nc1cccc(C)c1)C(C)=O. The summed E-state index contributed by atoms with van der Waals surface area (Å²) < 4.78 is 0. The monoisotopic (exact) mass is 338 g/mol. The summed E-state index contributed by atoms with van der Waals surface area (Å²) in [5.74, 6) is -0.330. The van der Waals surface area contributed by atoms with Crippen molar-refractivity contribution in [2.45, 2.75) is 40.5 Å². The largest absolute Gasteiger partial charge is 0.325 e. The predicted octanol–water partition coefficient (Wildman–Crippen LogP) is 4.11. The minimum Gasteiger partial charge on any atom is -0.325 e. The number of hydrogen-bond acceptors (Lipinski definition) is 2. The Morgan fingerprint density at radius 3 is 2.12 bits per heavy atom. The Morgan fingerprint density at radius 1 is 1.00 bits per heavy atom. The predicted molar refractivity (Wildman–Crippen MR) is 103 cm³/mol. The van der Waals surface area contributed by atoms with Crippen LogP contribution in [0.25, 0.3) is 0 Å². The second-order valence-electron chi connectivity index (χ2n) is 6.15. The molecule has 0 unspecified atom stereocenters. The van der Waals surface area contributed by atoms with Crippen molar-refractivity contribution >= 4 is 23.2 Å². The molecule has 4 heteroatoms. The van der Waals surface area contributed by atoms with E-state index in [9.17, 15) is 9.59 Å². The summed E-state index contributed by atoms with van der Waals surface area (Å²) in [4.78, 5) is 26.4. The Morgan fingerprint density at radius 2 is 1.60 bits per heavy atom. The molecule has 0 radical (unpaired) electrons. The molecule has 0 fully saturated rings. The van der Waals surface area contributed by atoms with Gasteiger partial charge in [-0.25, -0.2) is 0 Å². The van der Waals surface area contributed by atoms with Crippen molar-refractivity contribution in [2.24, 2.45) is 0 Å². The molecule has 0 aromatic heterocycles. The third-order valence-electron chi connectivity index (χ3n) is 4.22. The fraction of sp³-hybridized carbons (Fsp3) is 0.333. The highest BCUT2D eigenvalue weighted by Gasteiger charge is 2.21. The molecular formula is C21H26N2O2. The van der Waals surface area contributed by atoms with E-state index in [1.54, 1.807) is 4.90 Å². The zero-order valence-electron chi connectivity index (χ0n) is 15.4. The molecule has 4 nitrogen and oxygen atoms in total. The maximum Gasteiger partial charge on any atom is 0.244 e. The Hall–Kier alpha value is -2.62. The van der Waals surface area contributed by atoms with Crippen molar-refractivity contribution in [1.29, 1.82) is 0 Å². The molecule has 25 heavy (non-hydrogen) atoms. The second-order valence-corrected chi connectivity index (χ2v) is 6.15. The van der Waals surface area contributed by atoms with E-state index in [1.165, 1.54) is 6.92 Å². The Kier molecular flexibility index (Phi) is 6.34. The van der Waals surface area contributed by atoms with E-state index in [-0.39, 0.29) is 18.4 Å². The Bertz CT molecular complexity index is 746. The number of anilines is 2. The lowest BCUT2D eigenvalue weighted by molar-refractivity contribution is -0.120. The topological polar surface area (TPSA) is 49.4 Å². The van der Waals surface area contributed by atoms with E-state index < -0.39 is 0 Å². The number of nitrogens with zero attached hydrogens (tertiary/aromatic N) is 1. The normalized spacial score (nSPS) is 10.4. The van der Waals surface area contributed by atoms with E-state index in [4.69, 9.17) is 0 Å². The van der Waals surface area contributed by atoms with Crippen LogP contribution in [-0.2, 0) is 22.4 Å². The van der Waals surface area contributed by atoms with Gasteiger partial charge in [-0.15, -0.1) is 0 Å². The summed E-state index contributed by atoms with van der Waals surface area (Å²) in [5.41, 5.74) is 4.86. The molecule has 0 aliphatic carbocycles. The maximum absolute atomic E-state index is 12.5. The first-order valence-corrected chi connectivity index (χ1v) is 8.71. The van der Waals surface area contributed by atoms with Crippen LogP contribution in [0.15, 0.2) is 42.5 Å². The highest BCUT2D eigenvalue weighted by molar-refractivity contribution is 6.02. The van der Waals surface area contributed by atoms with Gasteiger partial charge in [0, 0.05) is 12.6 Å². The van der Waals surface area contributed by atoms with Crippen LogP contribution >= 0.6 is 0 Å². The van der Waals surface area contributed by atoms with Crippen molar-refractivity contribution in [3.8, 4) is 0 Å². The number of aryl methyl sites for hydroxylation is 3. The van der Waals surface area contributed by atoms with E-state index in [0.29, 0.717) is 0 Å². The number of carbonyl (C=O) groups excluding carboxylic acids is 2. The average Bonchev–Trinajstić information content (AvgIpc) is 2.58. The van der Waals surface area contributed by atoms with Gasteiger partial charge >= 0.3 is 0 Å². The zero-order valence-corrected chi connectivity index (χ0v) is 15.4. The molecule has 2 amide bonds. The van der Waals surface area contributed by atoms with Crippen molar-refractivity contribution in [3.63, 3.8) is 0 Å². The minimum atomic E-state index is -0.200. The number of hydrogen-bond donors (Lipinski definition) is 1. The van der Waals surface area contributed by atoms with Gasteiger partial charge in [-0.2, -0.15) is 0 Å². The molecule has 0 spiro atoms. The summed E-state index contributed by atoms with van der Waals surface area (Å²) in [6, 6.07) is 13.7. The number of rotatable bonds is 6. The number of benzene rings is 2. The molecule has 0 atom stereocenters. The quantitative estimate of drug-likeness (QED) is 0.861. The molecule has 2 rings (SSSR count). The van der Waals surface area contributed by atoms with Crippen molar-refractivity contribution in [1.82, 2.24) is 0 Å². The molecule has 0 saturated heterocycles. The van der Waals surface area contributed by atoms with Gasteiger partial charge in [-0.05, 0) is 48.6 Å². The highest BCUT2D eigenvalue weighted by atomic mass is 16.2.